The van der Waals surface area contributed by atoms with Crippen molar-refractivity contribution in [2.24, 2.45) is 0 Å². The molecule has 0 radical (unpaired) electrons. The van der Waals surface area contributed by atoms with Crippen LogP contribution in [-0.2, 0) is 19.1 Å². The fraction of sp³-hybridized carbons (Fsp3) is 0.156. The largest absolute Gasteiger partial charge is 0.478 e. The summed E-state index contributed by atoms with van der Waals surface area (Å²) in [5.74, 6) is -5.04. The molecule has 3 amide bonds. The summed E-state index contributed by atoms with van der Waals surface area (Å²) in [4.78, 5) is 65.4. The Bertz CT molecular complexity index is 1760. The monoisotopic (exact) mass is 661 g/mol. The minimum absolute atomic E-state index is 0.0906. The Morgan fingerprint density at radius 1 is 0.795 bits per heavy atom. The maximum Gasteiger partial charge on any atom is 0.410 e. The number of rotatable bonds is 8. The quantitative estimate of drug-likeness (QED) is 0.188. The number of hydrogen-bond donors (Lipinski definition) is 3. The summed E-state index contributed by atoms with van der Waals surface area (Å²) < 4.78 is 5.85. The van der Waals surface area contributed by atoms with Gasteiger partial charge in [0, 0.05) is 20.9 Å². The second kappa shape index (κ2) is 13.4. The number of hydrogen-bond acceptors (Lipinski definition) is 6. The molecule has 0 spiro atoms. The highest BCUT2D eigenvalue weighted by Gasteiger charge is 2.33. The zero-order chi connectivity index (χ0) is 32.1. The van der Waals surface area contributed by atoms with Crippen LogP contribution in [0.2, 0.25) is 0 Å². The fourth-order valence-corrected chi connectivity index (χ4v) is 5.17. The average Bonchev–Trinajstić information content (AvgIpc) is 3.02. The normalized spacial score (nSPS) is 12.1. The summed E-state index contributed by atoms with van der Waals surface area (Å²) in [5.41, 5.74) is 0.765. The van der Waals surface area contributed by atoms with Crippen molar-refractivity contribution in [1.82, 2.24) is 4.90 Å². The van der Waals surface area contributed by atoms with Crippen LogP contribution >= 0.6 is 15.9 Å². The van der Waals surface area contributed by atoms with Crippen molar-refractivity contribution in [3.8, 4) is 0 Å². The van der Waals surface area contributed by atoms with Crippen LogP contribution in [0.4, 0.5) is 21.9 Å². The van der Waals surface area contributed by atoms with Gasteiger partial charge >= 0.3 is 23.9 Å². The maximum atomic E-state index is 13.6. The van der Waals surface area contributed by atoms with Crippen LogP contribution in [-0.4, -0.2) is 58.1 Å². The van der Waals surface area contributed by atoms with E-state index >= 15 is 0 Å². The average molecular weight is 662 g/mol. The molecule has 11 nitrogen and oxygen atoms in total. The first-order valence-corrected chi connectivity index (χ1v) is 14.1. The first-order valence-electron chi connectivity index (χ1n) is 13.3. The summed E-state index contributed by atoms with van der Waals surface area (Å²) in [7, 11) is 1.23. The molecule has 3 N–H and O–H groups in total. The smallest absolute Gasteiger partial charge is 0.410 e. The van der Waals surface area contributed by atoms with Crippen molar-refractivity contribution in [2.75, 3.05) is 17.3 Å². The number of methoxy groups -OCH3 is 1. The number of carbonyl (C=O) groups is 5. The predicted octanol–water partition coefficient (Wildman–Crippen LogP) is 6.21. The van der Waals surface area contributed by atoms with Crippen LogP contribution in [0.25, 0.3) is 10.8 Å². The van der Waals surface area contributed by atoms with E-state index in [0.717, 1.165) is 14.9 Å². The molecule has 0 aliphatic carbocycles. The number of nitrogens with one attached hydrogen (secondary N) is 1. The molecule has 0 aromatic heterocycles. The van der Waals surface area contributed by atoms with Crippen molar-refractivity contribution >= 4 is 73.6 Å². The van der Waals surface area contributed by atoms with Gasteiger partial charge in [-0.3, -0.25) is 19.4 Å². The van der Waals surface area contributed by atoms with E-state index in [9.17, 15) is 34.2 Å². The standard InChI is InChI=1S/C32H28BrN3O8/c1-18(20-12-14-21(33)15-13-20)35(32(43)44-3)19(2)28(37)34-25-16-17-27(23-9-5-4-8-22(23)25)36(29(38)31(41)42)26-11-7-6-10-24(26)30(39)40/h4-19H,1-3H3,(H,34,37)(H,39,40)(H,41,42)/t18-,19+/m1/s1. The molecule has 0 saturated heterocycles. The first kappa shape index (κ1) is 31.7. The zero-order valence-corrected chi connectivity index (χ0v) is 25.4. The molecular formula is C32H28BrN3O8. The molecule has 226 valence electrons. The summed E-state index contributed by atoms with van der Waals surface area (Å²) in [6, 6.07) is 20.9. The second-order valence-electron chi connectivity index (χ2n) is 9.72. The highest BCUT2D eigenvalue weighted by Crippen LogP contribution is 2.38. The van der Waals surface area contributed by atoms with E-state index in [-0.39, 0.29) is 16.9 Å². The van der Waals surface area contributed by atoms with Gasteiger partial charge in [-0.05, 0) is 55.8 Å². The molecule has 0 bridgehead atoms. The number of halogens is 1. The Hall–Kier alpha value is -5.23. The molecular weight excluding hydrogens is 634 g/mol. The molecule has 4 aromatic carbocycles. The molecule has 0 aliphatic rings. The zero-order valence-electron chi connectivity index (χ0n) is 23.9. The molecule has 12 heteroatoms. The van der Waals surface area contributed by atoms with Gasteiger partial charge in [0.2, 0.25) is 5.91 Å². The molecule has 0 unspecified atom stereocenters. The Balaban J connectivity index is 1.76. The Morgan fingerprint density at radius 3 is 2.02 bits per heavy atom. The van der Waals surface area contributed by atoms with Crippen molar-refractivity contribution in [3.05, 3.63) is 101 Å². The molecule has 4 aromatic rings. The Labute approximate surface area is 260 Å². The molecule has 0 saturated carbocycles. The molecule has 0 aliphatic heterocycles. The highest BCUT2D eigenvalue weighted by molar-refractivity contribution is 9.10. The first-order chi connectivity index (χ1) is 21.0. The van der Waals surface area contributed by atoms with Crippen molar-refractivity contribution in [1.29, 1.82) is 0 Å². The van der Waals surface area contributed by atoms with Gasteiger partial charge in [-0.15, -0.1) is 0 Å². The van der Waals surface area contributed by atoms with Crippen molar-refractivity contribution in [2.45, 2.75) is 25.9 Å². The van der Waals surface area contributed by atoms with Crippen LogP contribution in [0.3, 0.4) is 0 Å². The SMILES string of the molecule is COC(=O)N([C@H](C)c1ccc(Br)cc1)[C@@H](C)C(=O)Nc1ccc(N(C(=O)C(=O)O)c2ccccc2C(=O)O)c2ccccc12. The minimum atomic E-state index is -1.79. The van der Waals surface area contributed by atoms with Gasteiger partial charge in [0.05, 0.1) is 30.1 Å². The van der Waals surface area contributed by atoms with Crippen molar-refractivity contribution < 1.29 is 38.9 Å². The van der Waals surface area contributed by atoms with Gasteiger partial charge in [0.1, 0.15) is 6.04 Å². The number of anilines is 3. The number of nitrogens with zero attached hydrogens (tertiary/aromatic N) is 2. The number of amides is 3. The molecule has 0 heterocycles. The number of carbonyl (C=O) groups excluding carboxylic acids is 3. The third-order valence-corrected chi connectivity index (χ3v) is 7.64. The van der Waals surface area contributed by atoms with E-state index in [1.165, 1.54) is 48.4 Å². The highest BCUT2D eigenvalue weighted by atomic mass is 79.9. The molecule has 44 heavy (non-hydrogen) atoms. The Morgan fingerprint density at radius 2 is 1.41 bits per heavy atom. The van der Waals surface area contributed by atoms with E-state index in [4.69, 9.17) is 4.74 Å². The third kappa shape index (κ3) is 6.40. The number of carboxylic acids is 2. The van der Waals surface area contributed by atoms with Gasteiger partial charge in [-0.25, -0.2) is 14.4 Å². The van der Waals surface area contributed by atoms with Crippen LogP contribution in [0.5, 0.6) is 0 Å². The summed E-state index contributed by atoms with van der Waals surface area (Å²) in [5, 5.41) is 23.0. The number of fused-ring (bicyclic) bond motifs is 1. The third-order valence-electron chi connectivity index (χ3n) is 7.11. The molecule has 4 rings (SSSR count). The number of para-hydroxylation sites is 1. The van der Waals surface area contributed by atoms with Crippen LogP contribution in [0, 0.1) is 0 Å². The van der Waals surface area contributed by atoms with E-state index in [1.54, 1.807) is 38.1 Å². The number of aromatic carboxylic acids is 1. The summed E-state index contributed by atoms with van der Waals surface area (Å²) in [6.07, 6.45) is -0.705. The van der Waals surface area contributed by atoms with E-state index < -0.39 is 41.9 Å². The molecule has 2 atom stereocenters. The van der Waals surface area contributed by atoms with Gasteiger partial charge in [-0.1, -0.05) is 64.5 Å². The second-order valence-corrected chi connectivity index (χ2v) is 10.6. The fourth-order valence-electron chi connectivity index (χ4n) is 4.90. The number of ether oxygens (including phenoxy) is 1. The van der Waals surface area contributed by atoms with E-state index in [2.05, 4.69) is 21.2 Å². The number of benzene rings is 4. The lowest BCUT2D eigenvalue weighted by Crippen LogP contribution is -2.46. The van der Waals surface area contributed by atoms with E-state index in [0.29, 0.717) is 16.5 Å². The van der Waals surface area contributed by atoms with E-state index in [1.807, 2.05) is 24.3 Å². The molecule has 0 fully saturated rings. The lowest BCUT2D eigenvalue weighted by molar-refractivity contribution is -0.148. The van der Waals surface area contributed by atoms with Gasteiger partial charge in [0.15, 0.2) is 0 Å². The van der Waals surface area contributed by atoms with Gasteiger partial charge in [-0.2, -0.15) is 0 Å². The van der Waals surface area contributed by atoms with Gasteiger partial charge < -0.3 is 20.3 Å². The lowest BCUT2D eigenvalue weighted by Gasteiger charge is -2.33. The van der Waals surface area contributed by atoms with Crippen LogP contribution in [0.15, 0.2) is 89.4 Å². The predicted molar refractivity (Wildman–Crippen MR) is 167 cm³/mol. The number of aliphatic carboxylic acids is 1. The van der Waals surface area contributed by atoms with Crippen LogP contribution < -0.4 is 10.2 Å². The Kier molecular flexibility index (Phi) is 9.64. The topological polar surface area (TPSA) is 154 Å². The van der Waals surface area contributed by atoms with Crippen molar-refractivity contribution in [3.63, 3.8) is 0 Å². The lowest BCUT2D eigenvalue weighted by atomic mass is 10.0. The summed E-state index contributed by atoms with van der Waals surface area (Å²) in [6.45, 7) is 3.34. The maximum absolute atomic E-state index is 13.6. The number of carboxylic acid groups (broad SMARTS) is 2. The van der Waals surface area contributed by atoms with Gasteiger partial charge in [0.25, 0.3) is 0 Å². The summed E-state index contributed by atoms with van der Waals surface area (Å²) >= 11 is 3.39. The van der Waals surface area contributed by atoms with Crippen LogP contribution in [0.1, 0.15) is 35.8 Å². The minimum Gasteiger partial charge on any atom is -0.478 e.